The van der Waals surface area contributed by atoms with Gasteiger partial charge in [0.2, 0.25) is 0 Å². The van der Waals surface area contributed by atoms with E-state index in [0.717, 1.165) is 5.56 Å². The Morgan fingerprint density at radius 2 is 2.00 bits per heavy atom. The number of ether oxygens (including phenoxy) is 1. The molecule has 0 heterocycles. The number of phenols is 1. The summed E-state index contributed by atoms with van der Waals surface area (Å²) in [7, 11) is 0. The third-order valence-electron chi connectivity index (χ3n) is 3.17. The summed E-state index contributed by atoms with van der Waals surface area (Å²) in [6.07, 6.45) is 0. The number of carbonyl (C=O) groups is 1. The zero-order valence-electron chi connectivity index (χ0n) is 13.1. The number of nitrogens with one attached hydrogen (secondary N) is 1. The van der Waals surface area contributed by atoms with Crippen LogP contribution in [0.1, 0.15) is 28.4 Å². The molecule has 7 heteroatoms. The average molecular weight is 334 g/mol. The van der Waals surface area contributed by atoms with E-state index in [9.17, 15) is 18.7 Å². The number of aromatic hydroxyl groups is 1. The van der Waals surface area contributed by atoms with Crippen LogP contribution < -0.4 is 10.2 Å². The number of amides is 1. The highest BCUT2D eigenvalue weighted by molar-refractivity contribution is 6.02. The lowest BCUT2D eigenvalue weighted by atomic mass is 10.1. The Kier molecular flexibility index (Phi) is 5.47. The summed E-state index contributed by atoms with van der Waals surface area (Å²) in [5.74, 6) is -0.604. The Hall–Kier alpha value is -2.96. The fourth-order valence-electron chi connectivity index (χ4n) is 2.03. The van der Waals surface area contributed by atoms with Crippen molar-refractivity contribution >= 4 is 11.6 Å². The molecule has 0 spiro atoms. The second kappa shape index (κ2) is 7.54. The first-order valence-corrected chi connectivity index (χ1v) is 7.06. The number of rotatable bonds is 5. The van der Waals surface area contributed by atoms with Crippen molar-refractivity contribution < 1.29 is 23.4 Å². The molecular formula is C17H16F2N2O3. The van der Waals surface area contributed by atoms with Crippen molar-refractivity contribution in [3.8, 4) is 11.5 Å². The van der Waals surface area contributed by atoms with Gasteiger partial charge in [-0.2, -0.15) is 13.9 Å². The molecule has 2 rings (SSSR count). The minimum atomic E-state index is -2.96. The van der Waals surface area contributed by atoms with Gasteiger partial charge in [0, 0.05) is 11.1 Å². The van der Waals surface area contributed by atoms with Gasteiger partial charge in [0.05, 0.1) is 5.71 Å². The van der Waals surface area contributed by atoms with Crippen molar-refractivity contribution in [1.82, 2.24) is 5.43 Å². The fourth-order valence-corrected chi connectivity index (χ4v) is 2.03. The molecule has 0 bridgehead atoms. The second-order valence-corrected chi connectivity index (χ2v) is 5.07. The summed E-state index contributed by atoms with van der Waals surface area (Å²) in [5.41, 5.74) is 4.04. The monoisotopic (exact) mass is 334 g/mol. The summed E-state index contributed by atoms with van der Waals surface area (Å²) in [5, 5.41) is 13.3. The number of carbonyl (C=O) groups excluding carboxylic acids is 1. The van der Waals surface area contributed by atoms with Crippen LogP contribution >= 0.6 is 0 Å². The minimum absolute atomic E-state index is 0.0246. The Morgan fingerprint density at radius 3 is 2.67 bits per heavy atom. The summed E-state index contributed by atoms with van der Waals surface area (Å²) in [6, 6.07) is 10.5. The molecule has 2 aromatic carbocycles. The number of phenolic OH excluding ortho intramolecular Hbond substituents is 1. The van der Waals surface area contributed by atoms with Gasteiger partial charge in [-0.05, 0) is 44.2 Å². The minimum Gasteiger partial charge on any atom is -0.508 e. The van der Waals surface area contributed by atoms with E-state index in [-0.39, 0.29) is 17.1 Å². The van der Waals surface area contributed by atoms with Gasteiger partial charge in [-0.3, -0.25) is 4.79 Å². The van der Waals surface area contributed by atoms with E-state index in [4.69, 9.17) is 0 Å². The molecule has 1 amide bonds. The number of hydrogen-bond donors (Lipinski definition) is 2. The maximum atomic E-state index is 12.5. The van der Waals surface area contributed by atoms with Crippen LogP contribution in [-0.4, -0.2) is 23.3 Å². The van der Waals surface area contributed by atoms with Crippen molar-refractivity contribution in [3.63, 3.8) is 0 Å². The Labute approximate surface area is 137 Å². The molecule has 126 valence electrons. The molecule has 0 aromatic heterocycles. The predicted molar refractivity (Wildman–Crippen MR) is 85.6 cm³/mol. The molecule has 0 radical (unpaired) electrons. The van der Waals surface area contributed by atoms with E-state index < -0.39 is 12.5 Å². The van der Waals surface area contributed by atoms with Crippen molar-refractivity contribution in [2.24, 2.45) is 5.10 Å². The smallest absolute Gasteiger partial charge is 0.387 e. The third kappa shape index (κ3) is 4.52. The fraction of sp³-hybridized carbons (Fsp3) is 0.176. The van der Waals surface area contributed by atoms with Crippen molar-refractivity contribution in [2.75, 3.05) is 0 Å². The number of benzene rings is 2. The Bertz CT molecular complexity index is 776. The standard InChI is InChI=1S/C17H16F2N2O3/c1-10-6-7-15(24-17(18)19)14(8-10)11(2)20-21-16(23)12-4-3-5-13(22)9-12/h3-9,17,22H,1-2H3,(H,21,23)/b20-11-. The maximum absolute atomic E-state index is 12.5. The van der Waals surface area contributed by atoms with Gasteiger partial charge >= 0.3 is 6.61 Å². The molecule has 2 N–H and O–H groups in total. The molecule has 0 aliphatic carbocycles. The topological polar surface area (TPSA) is 70.9 Å². The SMILES string of the molecule is C/C(=N/NC(=O)c1cccc(O)c1)c1cc(C)ccc1OC(F)F. The van der Waals surface area contributed by atoms with Crippen LogP contribution in [0.2, 0.25) is 0 Å². The van der Waals surface area contributed by atoms with E-state index >= 15 is 0 Å². The van der Waals surface area contributed by atoms with Crippen molar-refractivity contribution in [3.05, 3.63) is 59.2 Å². The van der Waals surface area contributed by atoms with Crippen LogP contribution in [0.25, 0.3) is 0 Å². The summed E-state index contributed by atoms with van der Waals surface area (Å²) >= 11 is 0. The van der Waals surface area contributed by atoms with Gasteiger partial charge in [0.1, 0.15) is 11.5 Å². The van der Waals surface area contributed by atoms with E-state index in [1.165, 1.54) is 30.3 Å². The van der Waals surface area contributed by atoms with Gasteiger partial charge in [-0.15, -0.1) is 0 Å². The number of hydrazone groups is 1. The first-order chi connectivity index (χ1) is 11.4. The van der Waals surface area contributed by atoms with Gasteiger partial charge in [0.25, 0.3) is 5.91 Å². The quantitative estimate of drug-likeness (QED) is 0.650. The Morgan fingerprint density at radius 1 is 1.25 bits per heavy atom. The zero-order valence-corrected chi connectivity index (χ0v) is 13.1. The maximum Gasteiger partial charge on any atom is 0.387 e. The number of halogens is 2. The Balaban J connectivity index is 2.21. The normalized spacial score (nSPS) is 11.5. The lowest BCUT2D eigenvalue weighted by Gasteiger charge is -2.11. The highest BCUT2D eigenvalue weighted by atomic mass is 19.3. The van der Waals surface area contributed by atoms with Crippen LogP contribution in [-0.2, 0) is 0 Å². The first-order valence-electron chi connectivity index (χ1n) is 7.06. The molecule has 0 aliphatic rings. The van der Waals surface area contributed by atoms with Crippen LogP contribution in [0, 0.1) is 6.92 Å². The zero-order chi connectivity index (χ0) is 17.7. The molecule has 0 unspecified atom stereocenters. The molecule has 0 saturated heterocycles. The highest BCUT2D eigenvalue weighted by Gasteiger charge is 2.13. The summed E-state index contributed by atoms with van der Waals surface area (Å²) < 4.78 is 29.4. The van der Waals surface area contributed by atoms with Gasteiger partial charge in [-0.25, -0.2) is 5.43 Å². The highest BCUT2D eigenvalue weighted by Crippen LogP contribution is 2.23. The van der Waals surface area contributed by atoms with Crippen LogP contribution in [0.15, 0.2) is 47.6 Å². The lowest BCUT2D eigenvalue weighted by Crippen LogP contribution is -2.19. The van der Waals surface area contributed by atoms with Gasteiger partial charge < -0.3 is 9.84 Å². The number of alkyl halides is 2. The number of aryl methyl sites for hydroxylation is 1. The molecule has 0 aliphatic heterocycles. The van der Waals surface area contributed by atoms with Crippen LogP contribution in [0.4, 0.5) is 8.78 Å². The average Bonchev–Trinajstić information content (AvgIpc) is 2.53. The molecule has 0 saturated carbocycles. The molecule has 24 heavy (non-hydrogen) atoms. The molecule has 0 fully saturated rings. The van der Waals surface area contributed by atoms with Crippen LogP contribution in [0.5, 0.6) is 11.5 Å². The first kappa shape index (κ1) is 17.4. The molecule has 5 nitrogen and oxygen atoms in total. The van der Waals surface area contributed by atoms with E-state index in [0.29, 0.717) is 11.3 Å². The van der Waals surface area contributed by atoms with E-state index in [1.807, 2.05) is 0 Å². The lowest BCUT2D eigenvalue weighted by molar-refractivity contribution is -0.0499. The van der Waals surface area contributed by atoms with Crippen molar-refractivity contribution in [1.29, 1.82) is 0 Å². The van der Waals surface area contributed by atoms with E-state index in [1.54, 1.807) is 26.0 Å². The summed E-state index contributed by atoms with van der Waals surface area (Å²) in [4.78, 5) is 12.0. The number of nitrogens with zero attached hydrogens (tertiary/aromatic N) is 1. The van der Waals surface area contributed by atoms with Gasteiger partial charge in [0.15, 0.2) is 0 Å². The summed E-state index contributed by atoms with van der Waals surface area (Å²) in [6.45, 7) is 0.408. The number of hydrogen-bond acceptors (Lipinski definition) is 4. The second-order valence-electron chi connectivity index (χ2n) is 5.07. The van der Waals surface area contributed by atoms with Gasteiger partial charge in [-0.1, -0.05) is 17.7 Å². The molecule has 0 atom stereocenters. The van der Waals surface area contributed by atoms with Crippen LogP contribution in [0.3, 0.4) is 0 Å². The predicted octanol–water partition coefficient (Wildman–Crippen LogP) is 3.46. The van der Waals surface area contributed by atoms with Crippen molar-refractivity contribution in [2.45, 2.75) is 20.5 Å². The molecular weight excluding hydrogens is 318 g/mol. The van der Waals surface area contributed by atoms with E-state index in [2.05, 4.69) is 15.3 Å². The molecule has 2 aromatic rings. The third-order valence-corrected chi connectivity index (χ3v) is 3.17. The largest absolute Gasteiger partial charge is 0.508 e.